The molecule has 1 rings (SSSR count). The van der Waals surface area contributed by atoms with E-state index in [1.807, 2.05) is 0 Å². The van der Waals surface area contributed by atoms with E-state index < -0.39 is 24.4 Å². The Bertz CT molecular complexity index is 423. The van der Waals surface area contributed by atoms with Gasteiger partial charge < -0.3 is 10.8 Å². The third-order valence-corrected chi connectivity index (χ3v) is 2.04. The van der Waals surface area contributed by atoms with E-state index in [1.165, 1.54) is 6.07 Å². The van der Waals surface area contributed by atoms with Gasteiger partial charge in [0.25, 0.3) is 0 Å². The quantitative estimate of drug-likeness (QED) is 0.810. The molecule has 3 N–H and O–H groups in total. The van der Waals surface area contributed by atoms with Gasteiger partial charge >= 0.3 is 6.18 Å². The van der Waals surface area contributed by atoms with Gasteiger partial charge in [-0.15, -0.1) is 0 Å². The van der Waals surface area contributed by atoms with Gasteiger partial charge in [0.1, 0.15) is 0 Å². The molecule has 0 saturated carbocycles. The molecule has 1 aromatic carbocycles. The number of halogens is 3. The highest BCUT2D eigenvalue weighted by molar-refractivity contribution is 5.39. The van der Waals surface area contributed by atoms with Crippen LogP contribution in [0.25, 0.3) is 0 Å². The second-order valence-electron chi connectivity index (χ2n) is 3.24. The van der Waals surface area contributed by atoms with Crippen molar-refractivity contribution in [2.75, 3.05) is 6.61 Å². The highest BCUT2D eigenvalue weighted by Crippen LogP contribution is 2.31. The minimum absolute atomic E-state index is 0.0916. The van der Waals surface area contributed by atoms with Crippen molar-refractivity contribution in [3.8, 4) is 6.07 Å². The van der Waals surface area contributed by atoms with Crippen LogP contribution in [0.2, 0.25) is 0 Å². The van der Waals surface area contributed by atoms with E-state index in [1.54, 1.807) is 6.07 Å². The zero-order valence-electron chi connectivity index (χ0n) is 8.12. The Morgan fingerprint density at radius 2 is 2.00 bits per heavy atom. The molecule has 16 heavy (non-hydrogen) atoms. The average molecular weight is 230 g/mol. The number of nitrogens with two attached hydrogens (primary N) is 1. The first kappa shape index (κ1) is 12.5. The molecule has 0 unspecified atom stereocenters. The molecule has 0 aromatic heterocycles. The van der Waals surface area contributed by atoms with Crippen molar-refractivity contribution >= 4 is 0 Å². The number of benzene rings is 1. The fourth-order valence-electron chi connectivity index (χ4n) is 1.20. The van der Waals surface area contributed by atoms with Crippen molar-refractivity contribution in [2.24, 2.45) is 5.73 Å². The molecule has 0 aliphatic rings. The minimum atomic E-state index is -4.53. The van der Waals surface area contributed by atoms with Crippen LogP contribution < -0.4 is 5.73 Å². The highest BCUT2D eigenvalue weighted by atomic mass is 19.4. The zero-order chi connectivity index (χ0) is 12.3. The number of rotatable bonds is 2. The summed E-state index contributed by atoms with van der Waals surface area (Å²) in [7, 11) is 0. The van der Waals surface area contributed by atoms with Gasteiger partial charge in [-0.25, -0.2) is 0 Å². The van der Waals surface area contributed by atoms with Gasteiger partial charge in [-0.3, -0.25) is 0 Å². The maximum atomic E-state index is 12.4. The first-order valence-electron chi connectivity index (χ1n) is 4.37. The Kier molecular flexibility index (Phi) is 3.52. The average Bonchev–Trinajstić information content (AvgIpc) is 2.26. The van der Waals surface area contributed by atoms with Crippen LogP contribution in [-0.4, -0.2) is 11.7 Å². The molecule has 1 aromatic rings. The zero-order valence-corrected chi connectivity index (χ0v) is 8.12. The van der Waals surface area contributed by atoms with Gasteiger partial charge in [0.2, 0.25) is 0 Å². The monoisotopic (exact) mass is 230 g/mol. The predicted molar refractivity (Wildman–Crippen MR) is 50.2 cm³/mol. The lowest BCUT2D eigenvalue weighted by molar-refractivity contribution is -0.137. The number of alkyl halides is 3. The summed E-state index contributed by atoms with van der Waals surface area (Å²) in [5, 5.41) is 17.3. The molecule has 0 bridgehead atoms. The molecule has 3 nitrogen and oxygen atoms in total. The third-order valence-electron chi connectivity index (χ3n) is 2.04. The molecular weight excluding hydrogens is 221 g/mol. The molecule has 0 fully saturated rings. The lowest BCUT2D eigenvalue weighted by Crippen LogP contribution is -2.16. The molecule has 0 spiro atoms. The Balaban J connectivity index is 3.28. The van der Waals surface area contributed by atoms with Gasteiger partial charge in [-0.1, -0.05) is 0 Å². The second-order valence-corrected chi connectivity index (χ2v) is 3.24. The molecule has 6 heteroatoms. The van der Waals surface area contributed by atoms with Crippen molar-refractivity contribution in [3.63, 3.8) is 0 Å². The number of nitriles is 1. The largest absolute Gasteiger partial charge is 0.416 e. The molecule has 0 aliphatic heterocycles. The van der Waals surface area contributed by atoms with E-state index >= 15 is 0 Å². The van der Waals surface area contributed by atoms with Crippen LogP contribution in [0.15, 0.2) is 18.2 Å². The van der Waals surface area contributed by atoms with Crippen LogP contribution in [0.4, 0.5) is 13.2 Å². The summed E-state index contributed by atoms with van der Waals surface area (Å²) < 4.78 is 37.3. The van der Waals surface area contributed by atoms with Crippen LogP contribution in [0.3, 0.4) is 0 Å². The summed E-state index contributed by atoms with van der Waals surface area (Å²) in [6.07, 6.45) is -4.53. The lowest BCUT2D eigenvalue weighted by Gasteiger charge is -2.13. The summed E-state index contributed by atoms with van der Waals surface area (Å²) in [4.78, 5) is 0. The van der Waals surface area contributed by atoms with E-state index in [4.69, 9.17) is 16.1 Å². The van der Waals surface area contributed by atoms with Crippen LogP contribution in [-0.2, 0) is 6.18 Å². The van der Waals surface area contributed by atoms with E-state index in [0.29, 0.717) is 0 Å². The van der Waals surface area contributed by atoms with Crippen LogP contribution >= 0.6 is 0 Å². The number of aliphatic hydroxyl groups is 1. The highest BCUT2D eigenvalue weighted by Gasteiger charge is 2.31. The fourth-order valence-corrected chi connectivity index (χ4v) is 1.20. The topological polar surface area (TPSA) is 70.0 Å². The smallest absolute Gasteiger partial charge is 0.394 e. The summed E-state index contributed by atoms with van der Waals surface area (Å²) in [6, 6.07) is 3.51. The van der Waals surface area contributed by atoms with Gasteiger partial charge in [0.05, 0.1) is 29.8 Å². The Morgan fingerprint density at radius 3 is 2.44 bits per heavy atom. The maximum Gasteiger partial charge on any atom is 0.416 e. The van der Waals surface area contributed by atoms with Gasteiger partial charge in [0, 0.05) is 0 Å². The fraction of sp³-hybridized carbons (Fsp3) is 0.300. The standard InChI is InChI=1S/C10H9F3N2O/c11-10(12,13)8-2-6(4-14)1-7(3-8)9(15)5-16/h1-3,9,16H,5,15H2/t9-/m0/s1. The first-order chi connectivity index (χ1) is 7.38. The number of aliphatic hydroxyl groups excluding tert-OH is 1. The molecule has 1 atom stereocenters. The lowest BCUT2D eigenvalue weighted by atomic mass is 10.0. The molecule has 0 amide bonds. The second kappa shape index (κ2) is 4.51. The van der Waals surface area contributed by atoms with Crippen molar-refractivity contribution in [1.29, 1.82) is 5.26 Å². The van der Waals surface area contributed by atoms with Gasteiger partial charge in [-0.2, -0.15) is 18.4 Å². The molecule has 0 heterocycles. The molecule has 0 saturated heterocycles. The van der Waals surface area contributed by atoms with Gasteiger partial charge in [-0.05, 0) is 23.8 Å². The normalized spacial score (nSPS) is 13.2. The summed E-state index contributed by atoms with van der Waals surface area (Å²) in [6.45, 7) is -0.480. The van der Waals surface area contributed by atoms with Crippen LogP contribution in [0.1, 0.15) is 22.7 Å². The maximum absolute atomic E-state index is 12.4. The van der Waals surface area contributed by atoms with Crippen molar-refractivity contribution < 1.29 is 18.3 Å². The Hall–Kier alpha value is -1.58. The van der Waals surface area contributed by atoms with Crippen LogP contribution in [0.5, 0.6) is 0 Å². The number of nitrogens with zero attached hydrogens (tertiary/aromatic N) is 1. The molecule has 0 aliphatic carbocycles. The SMILES string of the molecule is N#Cc1cc([C@@H](N)CO)cc(C(F)(F)F)c1. The summed E-state index contributed by atoms with van der Waals surface area (Å²) >= 11 is 0. The van der Waals surface area contributed by atoms with Crippen molar-refractivity contribution in [1.82, 2.24) is 0 Å². The number of hydrogen-bond donors (Lipinski definition) is 2. The van der Waals surface area contributed by atoms with E-state index in [9.17, 15) is 13.2 Å². The Morgan fingerprint density at radius 1 is 1.38 bits per heavy atom. The van der Waals surface area contributed by atoms with E-state index in [-0.39, 0.29) is 11.1 Å². The van der Waals surface area contributed by atoms with Crippen molar-refractivity contribution in [3.05, 3.63) is 34.9 Å². The van der Waals surface area contributed by atoms with E-state index in [2.05, 4.69) is 0 Å². The predicted octanol–water partition coefficient (Wildman–Crippen LogP) is 1.57. The third kappa shape index (κ3) is 2.72. The van der Waals surface area contributed by atoms with Crippen LogP contribution in [0, 0.1) is 11.3 Å². The van der Waals surface area contributed by atoms with E-state index in [0.717, 1.165) is 12.1 Å². The molecule has 86 valence electrons. The first-order valence-corrected chi connectivity index (χ1v) is 4.37. The van der Waals surface area contributed by atoms with Gasteiger partial charge in [0.15, 0.2) is 0 Å². The molecule has 0 radical (unpaired) electrons. The number of hydrogen-bond acceptors (Lipinski definition) is 3. The Labute approximate surface area is 89.9 Å². The summed E-state index contributed by atoms with van der Waals surface area (Å²) in [5.74, 6) is 0. The minimum Gasteiger partial charge on any atom is -0.394 e. The van der Waals surface area contributed by atoms with Crippen molar-refractivity contribution in [2.45, 2.75) is 12.2 Å². The molecular formula is C10H9F3N2O. The summed E-state index contributed by atoms with van der Waals surface area (Å²) in [5.41, 5.74) is 4.42.